The zero-order chi connectivity index (χ0) is 17.3. The van der Waals surface area contributed by atoms with Crippen molar-refractivity contribution in [1.29, 1.82) is 0 Å². The zero-order valence-electron chi connectivity index (χ0n) is 13.9. The number of rotatable bonds is 8. The minimum atomic E-state index is -0.387. The summed E-state index contributed by atoms with van der Waals surface area (Å²) in [6.07, 6.45) is 4.27. The standard InChI is InChI=1S/C20H20N2O3/c23-20(24-14-13-22-12-6-11-21-22)16-25-19-10-5-4-9-18(19)15-17-7-2-1-3-8-17/h1-12H,13-16H2. The van der Waals surface area contributed by atoms with Gasteiger partial charge in [0.1, 0.15) is 12.4 Å². The summed E-state index contributed by atoms with van der Waals surface area (Å²) in [6.45, 7) is 0.698. The number of para-hydroxylation sites is 1. The van der Waals surface area contributed by atoms with Crippen molar-refractivity contribution in [1.82, 2.24) is 9.78 Å². The molecule has 2 aromatic carbocycles. The third-order valence-electron chi connectivity index (χ3n) is 3.70. The summed E-state index contributed by atoms with van der Waals surface area (Å²) >= 11 is 0. The minimum Gasteiger partial charge on any atom is -0.482 e. The highest BCUT2D eigenvalue weighted by Crippen LogP contribution is 2.21. The molecule has 0 bridgehead atoms. The molecule has 0 fully saturated rings. The van der Waals surface area contributed by atoms with Crippen LogP contribution < -0.4 is 4.74 Å². The monoisotopic (exact) mass is 336 g/mol. The second kappa shape index (κ2) is 8.68. The molecule has 0 spiro atoms. The van der Waals surface area contributed by atoms with E-state index in [1.54, 1.807) is 10.9 Å². The Kier molecular flexibility index (Phi) is 5.82. The smallest absolute Gasteiger partial charge is 0.344 e. The van der Waals surface area contributed by atoms with Crippen LogP contribution in [-0.4, -0.2) is 29.0 Å². The van der Waals surface area contributed by atoms with Crippen LogP contribution in [0, 0.1) is 0 Å². The second-order valence-corrected chi connectivity index (χ2v) is 5.55. The molecule has 128 valence electrons. The average molecular weight is 336 g/mol. The molecule has 0 aliphatic carbocycles. The number of esters is 1. The predicted molar refractivity (Wildman–Crippen MR) is 94.4 cm³/mol. The molecule has 0 aliphatic rings. The van der Waals surface area contributed by atoms with Gasteiger partial charge < -0.3 is 9.47 Å². The van der Waals surface area contributed by atoms with Crippen molar-refractivity contribution in [2.75, 3.05) is 13.2 Å². The zero-order valence-corrected chi connectivity index (χ0v) is 13.9. The molecule has 0 atom stereocenters. The van der Waals surface area contributed by atoms with Gasteiger partial charge in [0.15, 0.2) is 6.61 Å². The maximum atomic E-state index is 11.8. The quantitative estimate of drug-likeness (QED) is 0.593. The van der Waals surface area contributed by atoms with Gasteiger partial charge in [-0.2, -0.15) is 5.10 Å². The van der Waals surface area contributed by atoms with E-state index < -0.39 is 0 Å². The van der Waals surface area contributed by atoms with Crippen LogP contribution in [0.15, 0.2) is 73.1 Å². The van der Waals surface area contributed by atoms with Crippen LogP contribution in [0.3, 0.4) is 0 Å². The maximum absolute atomic E-state index is 11.8. The molecule has 25 heavy (non-hydrogen) atoms. The number of carbonyl (C=O) groups excluding carboxylic acids is 1. The van der Waals surface area contributed by atoms with E-state index >= 15 is 0 Å². The first kappa shape index (κ1) is 16.8. The van der Waals surface area contributed by atoms with Crippen molar-refractivity contribution < 1.29 is 14.3 Å². The van der Waals surface area contributed by atoms with Gasteiger partial charge in [0.05, 0.1) is 6.54 Å². The van der Waals surface area contributed by atoms with Crippen LogP contribution in [0.2, 0.25) is 0 Å². The number of ether oxygens (including phenoxy) is 2. The normalized spacial score (nSPS) is 10.4. The van der Waals surface area contributed by atoms with Crippen molar-refractivity contribution in [3.8, 4) is 5.75 Å². The van der Waals surface area contributed by atoms with E-state index in [1.165, 1.54) is 5.56 Å². The molecule has 0 saturated carbocycles. The molecule has 5 nitrogen and oxygen atoms in total. The summed E-state index contributed by atoms with van der Waals surface area (Å²) in [6, 6.07) is 19.7. The van der Waals surface area contributed by atoms with Gasteiger partial charge in [0, 0.05) is 18.8 Å². The first-order chi connectivity index (χ1) is 12.3. The van der Waals surface area contributed by atoms with E-state index in [0.29, 0.717) is 12.3 Å². The molecule has 1 aromatic heterocycles. The fourth-order valence-corrected chi connectivity index (χ4v) is 2.47. The summed E-state index contributed by atoms with van der Waals surface area (Å²) < 4.78 is 12.5. The van der Waals surface area contributed by atoms with Gasteiger partial charge in [-0.05, 0) is 23.3 Å². The lowest BCUT2D eigenvalue weighted by atomic mass is 10.0. The lowest BCUT2D eigenvalue weighted by Gasteiger charge is -2.11. The lowest BCUT2D eigenvalue weighted by molar-refractivity contribution is -0.146. The second-order valence-electron chi connectivity index (χ2n) is 5.55. The van der Waals surface area contributed by atoms with E-state index in [9.17, 15) is 4.79 Å². The van der Waals surface area contributed by atoms with Crippen LogP contribution in [-0.2, 0) is 22.5 Å². The van der Waals surface area contributed by atoms with E-state index in [2.05, 4.69) is 17.2 Å². The summed E-state index contributed by atoms with van der Waals surface area (Å²) in [4.78, 5) is 11.8. The number of hydrogen-bond donors (Lipinski definition) is 0. The fraction of sp³-hybridized carbons (Fsp3) is 0.200. The molecule has 5 heteroatoms. The Labute approximate surface area is 146 Å². The molecule has 0 aliphatic heterocycles. The van der Waals surface area contributed by atoms with Crippen LogP contribution in [0.5, 0.6) is 5.75 Å². The SMILES string of the molecule is O=C(COc1ccccc1Cc1ccccc1)OCCn1cccn1. The first-order valence-corrected chi connectivity index (χ1v) is 8.19. The highest BCUT2D eigenvalue weighted by molar-refractivity contribution is 5.71. The molecule has 0 N–H and O–H groups in total. The summed E-state index contributed by atoms with van der Waals surface area (Å²) in [5.74, 6) is 0.317. The highest BCUT2D eigenvalue weighted by atomic mass is 16.6. The van der Waals surface area contributed by atoms with Gasteiger partial charge in [-0.15, -0.1) is 0 Å². The molecule has 1 heterocycles. The van der Waals surface area contributed by atoms with Crippen molar-refractivity contribution in [2.24, 2.45) is 0 Å². The number of benzene rings is 2. The van der Waals surface area contributed by atoms with Gasteiger partial charge in [-0.1, -0.05) is 48.5 Å². The lowest BCUT2D eigenvalue weighted by Crippen LogP contribution is -2.18. The van der Waals surface area contributed by atoms with Crippen molar-refractivity contribution in [3.63, 3.8) is 0 Å². The number of hydrogen-bond acceptors (Lipinski definition) is 4. The number of aromatic nitrogens is 2. The Bertz CT molecular complexity index is 786. The van der Waals surface area contributed by atoms with Gasteiger partial charge in [-0.25, -0.2) is 4.79 Å². The van der Waals surface area contributed by atoms with Crippen LogP contribution in [0.1, 0.15) is 11.1 Å². The van der Waals surface area contributed by atoms with E-state index in [1.807, 2.05) is 54.7 Å². The van der Waals surface area contributed by atoms with Gasteiger partial charge in [-0.3, -0.25) is 4.68 Å². The predicted octanol–water partition coefficient (Wildman–Crippen LogP) is 3.10. The Morgan fingerprint density at radius 1 is 1.00 bits per heavy atom. The van der Waals surface area contributed by atoms with Crippen LogP contribution in [0.4, 0.5) is 0 Å². The van der Waals surface area contributed by atoms with Crippen molar-refractivity contribution in [3.05, 3.63) is 84.2 Å². The van der Waals surface area contributed by atoms with Crippen molar-refractivity contribution in [2.45, 2.75) is 13.0 Å². The first-order valence-electron chi connectivity index (χ1n) is 8.19. The molecule has 0 amide bonds. The molecule has 0 saturated heterocycles. The maximum Gasteiger partial charge on any atom is 0.344 e. The van der Waals surface area contributed by atoms with Gasteiger partial charge in [0.25, 0.3) is 0 Å². The number of carbonyl (C=O) groups is 1. The van der Waals surface area contributed by atoms with E-state index in [-0.39, 0.29) is 19.2 Å². The molecule has 0 radical (unpaired) electrons. The topological polar surface area (TPSA) is 53.4 Å². The highest BCUT2D eigenvalue weighted by Gasteiger charge is 2.08. The van der Waals surface area contributed by atoms with Crippen LogP contribution >= 0.6 is 0 Å². The third kappa shape index (κ3) is 5.21. The Morgan fingerprint density at radius 2 is 1.80 bits per heavy atom. The van der Waals surface area contributed by atoms with Crippen molar-refractivity contribution >= 4 is 5.97 Å². The molecule has 3 rings (SSSR count). The van der Waals surface area contributed by atoms with Gasteiger partial charge in [0.2, 0.25) is 0 Å². The van der Waals surface area contributed by atoms with E-state index in [4.69, 9.17) is 9.47 Å². The van der Waals surface area contributed by atoms with Crippen LogP contribution in [0.25, 0.3) is 0 Å². The molecular weight excluding hydrogens is 316 g/mol. The molecule has 0 unspecified atom stereocenters. The Morgan fingerprint density at radius 3 is 2.60 bits per heavy atom. The fourth-order valence-electron chi connectivity index (χ4n) is 2.47. The van der Waals surface area contributed by atoms with Gasteiger partial charge >= 0.3 is 5.97 Å². The third-order valence-corrected chi connectivity index (χ3v) is 3.70. The molecule has 3 aromatic rings. The summed E-state index contributed by atoms with van der Waals surface area (Å²) in [5.41, 5.74) is 2.23. The minimum absolute atomic E-state index is 0.106. The summed E-state index contributed by atoms with van der Waals surface area (Å²) in [7, 11) is 0. The average Bonchev–Trinajstić information content (AvgIpc) is 3.15. The Hall–Kier alpha value is -3.08. The summed E-state index contributed by atoms with van der Waals surface area (Å²) in [5, 5.41) is 4.05. The van der Waals surface area contributed by atoms with E-state index in [0.717, 1.165) is 12.0 Å². The Balaban J connectivity index is 1.50. The number of nitrogens with zero attached hydrogens (tertiary/aromatic N) is 2. The molecular formula is C20H20N2O3. The largest absolute Gasteiger partial charge is 0.482 e.